The number of aliphatic hydroxyl groups is 1. The maximum atomic E-state index is 11.3. The number of hydrogen-bond acceptors (Lipinski definition) is 5. The van der Waals surface area contributed by atoms with Crippen LogP contribution in [0.1, 0.15) is 0 Å². The van der Waals surface area contributed by atoms with Crippen LogP contribution >= 0.6 is 0 Å². The molecule has 0 radical (unpaired) electrons. The molecule has 18 heavy (non-hydrogen) atoms. The van der Waals surface area contributed by atoms with Crippen molar-refractivity contribution in [2.45, 2.75) is 4.90 Å². The molecular weight excluding hydrogens is 258 g/mol. The topological polar surface area (TPSA) is 92.7 Å². The highest BCUT2D eigenvalue weighted by molar-refractivity contribution is 7.90. The van der Waals surface area contributed by atoms with Crippen molar-refractivity contribution in [2.75, 3.05) is 26.0 Å². The van der Waals surface area contributed by atoms with E-state index in [9.17, 15) is 13.2 Å². The van der Waals surface area contributed by atoms with E-state index < -0.39 is 9.84 Å². The van der Waals surface area contributed by atoms with Crippen molar-refractivity contribution in [3.05, 3.63) is 24.3 Å². The number of ether oxygens (including phenoxy) is 1. The van der Waals surface area contributed by atoms with Crippen LogP contribution in [0.2, 0.25) is 0 Å². The van der Waals surface area contributed by atoms with Gasteiger partial charge < -0.3 is 15.2 Å². The number of hydrogen-bond donors (Lipinski definition) is 2. The number of benzene rings is 1. The summed E-state index contributed by atoms with van der Waals surface area (Å²) in [5.41, 5.74) is 0. The minimum absolute atomic E-state index is 0.135. The number of carbonyl (C=O) groups is 1. The van der Waals surface area contributed by atoms with Crippen molar-refractivity contribution in [3.8, 4) is 5.75 Å². The first-order chi connectivity index (χ1) is 8.43. The highest BCUT2D eigenvalue weighted by Crippen LogP contribution is 2.17. The van der Waals surface area contributed by atoms with Crippen LogP contribution < -0.4 is 10.1 Å². The second kappa shape index (κ2) is 6.36. The van der Waals surface area contributed by atoms with E-state index in [2.05, 4.69) is 5.32 Å². The van der Waals surface area contributed by atoms with E-state index >= 15 is 0 Å². The molecule has 7 heteroatoms. The van der Waals surface area contributed by atoms with Crippen molar-refractivity contribution >= 4 is 15.7 Å². The molecule has 6 nitrogen and oxygen atoms in total. The van der Waals surface area contributed by atoms with Crippen molar-refractivity contribution in [3.63, 3.8) is 0 Å². The fourth-order valence-electron chi connectivity index (χ4n) is 1.19. The van der Waals surface area contributed by atoms with Crippen molar-refractivity contribution in [2.24, 2.45) is 0 Å². The van der Waals surface area contributed by atoms with E-state index in [-0.39, 0.29) is 30.6 Å². The molecular formula is C11H15NO5S. The summed E-state index contributed by atoms with van der Waals surface area (Å²) in [6, 6.07) is 5.91. The number of sulfone groups is 1. The van der Waals surface area contributed by atoms with E-state index in [1.807, 2.05) is 0 Å². The number of carbonyl (C=O) groups excluding carboxylic acids is 1. The minimum Gasteiger partial charge on any atom is -0.484 e. The predicted molar refractivity (Wildman–Crippen MR) is 65.1 cm³/mol. The summed E-state index contributed by atoms with van der Waals surface area (Å²) in [5.74, 6) is -0.0779. The van der Waals surface area contributed by atoms with Gasteiger partial charge in [-0.2, -0.15) is 0 Å². The molecule has 1 amide bonds. The quantitative estimate of drug-likeness (QED) is 0.734. The zero-order valence-electron chi connectivity index (χ0n) is 9.92. The van der Waals surface area contributed by atoms with Gasteiger partial charge in [-0.3, -0.25) is 4.79 Å². The number of aliphatic hydroxyl groups excluding tert-OH is 1. The van der Waals surface area contributed by atoms with E-state index in [4.69, 9.17) is 9.84 Å². The van der Waals surface area contributed by atoms with Gasteiger partial charge in [0.2, 0.25) is 0 Å². The lowest BCUT2D eigenvalue weighted by atomic mass is 10.3. The van der Waals surface area contributed by atoms with Gasteiger partial charge in [0.25, 0.3) is 5.91 Å². The average molecular weight is 273 g/mol. The summed E-state index contributed by atoms with van der Waals surface area (Å²) in [4.78, 5) is 11.3. The summed E-state index contributed by atoms with van der Waals surface area (Å²) < 4.78 is 27.7. The Labute approximate surface area is 106 Å². The molecule has 0 heterocycles. The molecule has 0 aliphatic carbocycles. The van der Waals surface area contributed by atoms with Crippen LogP contribution in [0.5, 0.6) is 5.75 Å². The molecule has 100 valence electrons. The number of nitrogens with one attached hydrogen (secondary N) is 1. The standard InChI is InChI=1S/C11H15NO5S/c1-18(15,16)10-4-2-3-9(7-10)17-8-11(14)12-5-6-13/h2-4,7,13H,5-6,8H2,1H3,(H,12,14). The van der Waals surface area contributed by atoms with Crippen LogP contribution in [0, 0.1) is 0 Å². The third-order valence-electron chi connectivity index (χ3n) is 2.04. The van der Waals surface area contributed by atoms with Crippen LogP contribution in [0.3, 0.4) is 0 Å². The second-order valence-corrected chi connectivity index (χ2v) is 5.62. The van der Waals surface area contributed by atoms with Crippen LogP contribution in [-0.4, -0.2) is 45.4 Å². The van der Waals surface area contributed by atoms with Crippen LogP contribution in [0.15, 0.2) is 29.2 Å². The van der Waals surface area contributed by atoms with Gasteiger partial charge in [-0.25, -0.2) is 8.42 Å². The van der Waals surface area contributed by atoms with Crippen LogP contribution in [-0.2, 0) is 14.6 Å². The largest absolute Gasteiger partial charge is 0.484 e. The van der Waals surface area contributed by atoms with E-state index in [0.717, 1.165) is 6.26 Å². The Hall–Kier alpha value is -1.60. The Morgan fingerprint density at radius 1 is 1.44 bits per heavy atom. The molecule has 0 aromatic heterocycles. The van der Waals surface area contributed by atoms with Crippen LogP contribution in [0.25, 0.3) is 0 Å². The first-order valence-electron chi connectivity index (χ1n) is 5.24. The molecule has 0 atom stereocenters. The van der Waals surface area contributed by atoms with E-state index in [1.165, 1.54) is 18.2 Å². The molecule has 0 aliphatic heterocycles. The summed E-state index contributed by atoms with van der Waals surface area (Å²) >= 11 is 0. The maximum Gasteiger partial charge on any atom is 0.258 e. The Bertz CT molecular complexity index is 512. The first kappa shape index (κ1) is 14.5. The van der Waals surface area contributed by atoms with Gasteiger partial charge in [-0.15, -0.1) is 0 Å². The summed E-state index contributed by atoms with van der Waals surface area (Å²) in [5, 5.41) is 10.9. The molecule has 1 aromatic rings. The van der Waals surface area contributed by atoms with Gasteiger partial charge in [0, 0.05) is 12.8 Å². The fraction of sp³-hybridized carbons (Fsp3) is 0.364. The summed E-state index contributed by atoms with van der Waals surface area (Å²) in [7, 11) is -3.29. The lowest BCUT2D eigenvalue weighted by Crippen LogP contribution is -2.31. The number of rotatable bonds is 6. The van der Waals surface area contributed by atoms with Gasteiger partial charge >= 0.3 is 0 Å². The molecule has 1 aromatic carbocycles. The monoisotopic (exact) mass is 273 g/mol. The Balaban J connectivity index is 2.61. The predicted octanol–water partition coefficient (Wildman–Crippen LogP) is -0.423. The van der Waals surface area contributed by atoms with Crippen molar-refractivity contribution < 1.29 is 23.1 Å². The van der Waals surface area contributed by atoms with Crippen LogP contribution in [0.4, 0.5) is 0 Å². The molecule has 0 aliphatic rings. The zero-order chi connectivity index (χ0) is 13.6. The smallest absolute Gasteiger partial charge is 0.258 e. The summed E-state index contributed by atoms with van der Waals surface area (Å²) in [6.07, 6.45) is 1.10. The Morgan fingerprint density at radius 2 is 2.17 bits per heavy atom. The molecule has 2 N–H and O–H groups in total. The second-order valence-electron chi connectivity index (χ2n) is 3.61. The van der Waals surface area contributed by atoms with E-state index in [1.54, 1.807) is 6.07 Å². The highest BCUT2D eigenvalue weighted by Gasteiger charge is 2.08. The normalized spacial score (nSPS) is 11.0. The average Bonchev–Trinajstić information content (AvgIpc) is 2.33. The van der Waals surface area contributed by atoms with Crippen molar-refractivity contribution in [1.82, 2.24) is 5.32 Å². The van der Waals surface area contributed by atoms with E-state index in [0.29, 0.717) is 5.75 Å². The van der Waals surface area contributed by atoms with Gasteiger partial charge in [0.1, 0.15) is 5.75 Å². The highest BCUT2D eigenvalue weighted by atomic mass is 32.2. The molecule has 0 fully saturated rings. The SMILES string of the molecule is CS(=O)(=O)c1cccc(OCC(=O)NCCO)c1. The number of amides is 1. The first-order valence-corrected chi connectivity index (χ1v) is 7.13. The molecule has 1 rings (SSSR count). The lowest BCUT2D eigenvalue weighted by Gasteiger charge is -2.07. The van der Waals surface area contributed by atoms with Crippen molar-refractivity contribution in [1.29, 1.82) is 0 Å². The lowest BCUT2D eigenvalue weighted by molar-refractivity contribution is -0.123. The molecule has 0 bridgehead atoms. The third kappa shape index (κ3) is 4.72. The molecule has 0 unspecified atom stereocenters. The van der Waals surface area contributed by atoms with Gasteiger partial charge in [0.15, 0.2) is 16.4 Å². The maximum absolute atomic E-state index is 11.3. The molecule has 0 saturated carbocycles. The van der Waals surface area contributed by atoms with Gasteiger partial charge in [-0.05, 0) is 18.2 Å². The molecule has 0 spiro atoms. The Kier molecular flexibility index (Phi) is 5.11. The zero-order valence-corrected chi connectivity index (χ0v) is 10.7. The fourth-order valence-corrected chi connectivity index (χ4v) is 1.85. The third-order valence-corrected chi connectivity index (χ3v) is 3.15. The molecule has 0 saturated heterocycles. The minimum atomic E-state index is -3.29. The summed E-state index contributed by atoms with van der Waals surface area (Å²) in [6.45, 7) is -0.214. The van der Waals surface area contributed by atoms with Gasteiger partial charge in [-0.1, -0.05) is 6.07 Å². The van der Waals surface area contributed by atoms with Gasteiger partial charge in [0.05, 0.1) is 11.5 Å². The Morgan fingerprint density at radius 3 is 2.78 bits per heavy atom.